The van der Waals surface area contributed by atoms with Crippen molar-refractivity contribution in [3.05, 3.63) is 24.3 Å². The second-order valence-corrected chi connectivity index (χ2v) is 16.2. The van der Waals surface area contributed by atoms with E-state index in [-0.39, 0.29) is 18.7 Å². The number of para-hydroxylation sites is 1. The van der Waals surface area contributed by atoms with Gasteiger partial charge in [-0.05, 0) is 35.1 Å². The molecule has 1 aliphatic rings. The molecule has 0 spiro atoms. The Balaban J connectivity index is 2.48. The van der Waals surface area contributed by atoms with Crippen molar-refractivity contribution in [3.63, 3.8) is 0 Å². The van der Waals surface area contributed by atoms with E-state index in [9.17, 15) is 9.59 Å². The fourth-order valence-corrected chi connectivity index (χ4v) is 14.3. The molecule has 3 N–H and O–H groups in total. The molecular weight excluding hydrogens is 366 g/mol. The summed E-state index contributed by atoms with van der Waals surface area (Å²) in [5.41, 5.74) is 6.18. The van der Waals surface area contributed by atoms with Gasteiger partial charge in [-0.2, -0.15) is 0 Å². The predicted octanol–water partition coefficient (Wildman–Crippen LogP) is 4.03. The molecule has 1 aromatic rings. The Morgan fingerprint density at radius 3 is 2.15 bits per heavy atom. The highest BCUT2D eigenvalue weighted by Gasteiger charge is 2.64. The van der Waals surface area contributed by atoms with Gasteiger partial charge < -0.3 is 5.73 Å². The molecule has 5 nitrogen and oxygen atoms in total. The maximum atomic E-state index is 12.2. The summed E-state index contributed by atoms with van der Waals surface area (Å²) >= 11 is 1.35. The Bertz CT molecular complexity index is 742. The third-order valence-corrected chi connectivity index (χ3v) is 19.6. The van der Waals surface area contributed by atoms with Gasteiger partial charge in [0.2, 0.25) is 11.8 Å². The molecule has 0 fully saturated rings. The monoisotopic (exact) mass is 397 g/mol. The molecule has 2 amide bonds. The Labute approximate surface area is 160 Å². The number of rotatable bonds is 7. The van der Waals surface area contributed by atoms with E-state index in [2.05, 4.69) is 50.6 Å². The number of fused-ring (bicyclic) bond motifs is 1. The summed E-state index contributed by atoms with van der Waals surface area (Å²) in [5, 5.41) is 0. The largest absolute Gasteiger partial charge is 0.370 e. The number of amides is 2. The fourth-order valence-electron chi connectivity index (χ4n) is 4.36. The third kappa shape index (κ3) is 2.59. The van der Waals surface area contributed by atoms with Gasteiger partial charge in [0, 0.05) is 29.7 Å². The van der Waals surface area contributed by atoms with Crippen LogP contribution in [0.1, 0.15) is 40.5 Å². The SMILES string of the molecule is CCS1(CC)(CC)(CC)C(SNC(=O)CCC(N)=O)=Nc2ccccc21. The van der Waals surface area contributed by atoms with E-state index >= 15 is 0 Å². The van der Waals surface area contributed by atoms with Crippen molar-refractivity contribution < 1.29 is 9.59 Å². The van der Waals surface area contributed by atoms with Crippen LogP contribution in [0.25, 0.3) is 0 Å². The lowest BCUT2D eigenvalue weighted by molar-refractivity contribution is -0.123. The summed E-state index contributed by atoms with van der Waals surface area (Å²) in [6, 6.07) is 8.44. The van der Waals surface area contributed by atoms with Gasteiger partial charge >= 0.3 is 0 Å². The number of hydrogen-bond donors (Lipinski definition) is 2. The van der Waals surface area contributed by atoms with Crippen LogP contribution in [0.4, 0.5) is 5.69 Å². The zero-order chi connectivity index (χ0) is 19.5. The van der Waals surface area contributed by atoms with Crippen molar-refractivity contribution in [3.8, 4) is 0 Å². The van der Waals surface area contributed by atoms with Crippen LogP contribution in [0.2, 0.25) is 0 Å². The summed E-state index contributed by atoms with van der Waals surface area (Å²) in [4.78, 5) is 29.5. The number of primary amides is 1. The molecule has 0 atom stereocenters. The normalized spacial score (nSPS) is 21.3. The first-order chi connectivity index (χ1) is 12.3. The van der Waals surface area contributed by atoms with Crippen LogP contribution in [-0.2, 0) is 9.59 Å². The van der Waals surface area contributed by atoms with Gasteiger partial charge in [0.05, 0.1) is 5.69 Å². The van der Waals surface area contributed by atoms with Crippen LogP contribution in [-0.4, -0.2) is 39.2 Å². The number of carbonyl (C=O) groups excluding carboxylic acids is 2. The highest BCUT2D eigenvalue weighted by Crippen LogP contribution is 2.98. The van der Waals surface area contributed by atoms with Gasteiger partial charge in [-0.25, -0.2) is 13.3 Å². The summed E-state index contributed by atoms with van der Waals surface area (Å²) in [6.45, 7) is 9.08. The molecule has 0 aromatic heterocycles. The van der Waals surface area contributed by atoms with Gasteiger partial charge in [-0.3, -0.25) is 14.3 Å². The lowest BCUT2D eigenvalue weighted by Crippen LogP contribution is -2.50. The number of benzene rings is 1. The quantitative estimate of drug-likeness (QED) is 0.538. The summed E-state index contributed by atoms with van der Waals surface area (Å²) in [5.74, 6) is 3.42. The number of carbonyl (C=O) groups is 2. The fraction of sp³-hybridized carbons (Fsp3) is 0.526. The second kappa shape index (κ2) is 6.93. The molecule has 0 unspecified atom stereocenters. The molecule has 146 valence electrons. The molecule has 0 saturated heterocycles. The van der Waals surface area contributed by atoms with Crippen LogP contribution in [0, 0.1) is 0 Å². The molecule has 1 aromatic carbocycles. The number of aliphatic imine (C=N–C) groups is 1. The lowest BCUT2D eigenvalue weighted by Gasteiger charge is -2.76. The number of hydrogen-bond acceptors (Lipinski definition) is 4. The minimum Gasteiger partial charge on any atom is -0.370 e. The first-order valence-electron chi connectivity index (χ1n) is 9.23. The molecule has 0 aliphatic carbocycles. The van der Waals surface area contributed by atoms with Gasteiger partial charge in [0.15, 0.2) is 0 Å². The average molecular weight is 398 g/mol. The molecule has 0 radical (unpaired) electrons. The topological polar surface area (TPSA) is 84.5 Å². The molecule has 2 rings (SSSR count). The third-order valence-electron chi connectivity index (χ3n) is 6.85. The first-order valence-corrected chi connectivity index (χ1v) is 13.2. The molecule has 26 heavy (non-hydrogen) atoms. The van der Waals surface area contributed by atoms with Gasteiger partial charge in [0.25, 0.3) is 0 Å². The molecule has 0 bridgehead atoms. The van der Waals surface area contributed by atoms with Gasteiger partial charge in [-0.15, -0.1) is 0 Å². The minimum atomic E-state index is -2.84. The lowest BCUT2D eigenvalue weighted by atomic mass is 10.3. The average Bonchev–Trinajstić information content (AvgIpc) is 2.94. The van der Waals surface area contributed by atoms with E-state index in [1.165, 1.54) is 16.8 Å². The van der Waals surface area contributed by atoms with E-state index in [1.807, 2.05) is 6.07 Å². The van der Waals surface area contributed by atoms with Crippen LogP contribution in [0.5, 0.6) is 0 Å². The van der Waals surface area contributed by atoms with Crippen LogP contribution < -0.4 is 10.5 Å². The summed E-state index contributed by atoms with van der Waals surface area (Å²) in [7, 11) is -2.84. The van der Waals surface area contributed by atoms with Crippen molar-refractivity contribution in [1.29, 1.82) is 0 Å². The zero-order valence-electron chi connectivity index (χ0n) is 16.2. The highest BCUT2D eigenvalue weighted by molar-refractivity contribution is 8.81. The standard InChI is InChI=1S/C19H31N3O2S2/c1-5-26(6-2,7-3,8-4)16-12-10-9-11-15(16)21-19(26)25-22-18(24)14-13-17(20)23/h9-12H,5-8,13-14H2,1-4H3,(H2,20,23)(H,22,24). The molecule has 1 aliphatic heterocycles. The van der Waals surface area contributed by atoms with Crippen molar-refractivity contribution >= 4 is 42.1 Å². The van der Waals surface area contributed by atoms with E-state index in [1.54, 1.807) is 0 Å². The van der Waals surface area contributed by atoms with Gasteiger partial charge in [0.1, 0.15) is 4.38 Å². The summed E-state index contributed by atoms with van der Waals surface area (Å²) < 4.78 is 3.99. The Hall–Kier alpha value is -1.47. The van der Waals surface area contributed by atoms with E-state index < -0.39 is 14.2 Å². The highest BCUT2D eigenvalue weighted by atomic mass is 32.4. The maximum Gasteiger partial charge on any atom is 0.230 e. The number of nitrogens with two attached hydrogens (primary N) is 1. The summed E-state index contributed by atoms with van der Waals surface area (Å²) in [6.07, 6.45) is 0.169. The zero-order valence-corrected chi connectivity index (χ0v) is 17.8. The van der Waals surface area contributed by atoms with Crippen molar-refractivity contribution in [2.45, 2.75) is 45.4 Å². The van der Waals surface area contributed by atoms with Crippen molar-refractivity contribution in [1.82, 2.24) is 4.72 Å². The van der Waals surface area contributed by atoms with Crippen LogP contribution in [0.3, 0.4) is 0 Å². The molecule has 7 heteroatoms. The Morgan fingerprint density at radius 2 is 1.62 bits per heavy atom. The second-order valence-electron chi connectivity index (χ2n) is 7.08. The van der Waals surface area contributed by atoms with Crippen molar-refractivity contribution in [2.75, 3.05) is 23.0 Å². The van der Waals surface area contributed by atoms with Crippen LogP contribution in [0.15, 0.2) is 34.2 Å². The van der Waals surface area contributed by atoms with E-state index in [0.29, 0.717) is 0 Å². The first kappa shape index (κ1) is 20.8. The molecular formula is C19H31N3O2S2. The Kier molecular flexibility index (Phi) is 5.55. The number of nitrogens with one attached hydrogen (secondary N) is 1. The molecule has 0 saturated carbocycles. The van der Waals surface area contributed by atoms with E-state index in [0.717, 1.165) is 33.1 Å². The Morgan fingerprint density at radius 1 is 1.04 bits per heavy atom. The number of nitrogens with zero attached hydrogens (tertiary/aromatic N) is 1. The van der Waals surface area contributed by atoms with E-state index in [4.69, 9.17) is 10.7 Å². The smallest absolute Gasteiger partial charge is 0.230 e. The minimum absolute atomic E-state index is 0.0620. The van der Waals surface area contributed by atoms with Gasteiger partial charge in [-0.1, -0.05) is 39.8 Å². The molecule has 1 heterocycles. The van der Waals surface area contributed by atoms with Crippen molar-refractivity contribution in [2.24, 2.45) is 10.7 Å². The van der Waals surface area contributed by atoms with Crippen LogP contribution >= 0.6 is 20.2 Å². The predicted molar refractivity (Wildman–Crippen MR) is 116 cm³/mol. The maximum absolute atomic E-state index is 12.2.